The van der Waals surface area contributed by atoms with Crippen molar-refractivity contribution in [3.05, 3.63) is 41.5 Å². The normalized spacial score (nSPS) is 12.9. The van der Waals surface area contributed by atoms with E-state index in [0.717, 1.165) is 16.9 Å². The number of hydrogen-bond acceptors (Lipinski definition) is 4. The van der Waals surface area contributed by atoms with Gasteiger partial charge in [-0.15, -0.1) is 0 Å². The molecule has 1 aromatic rings. The van der Waals surface area contributed by atoms with Gasteiger partial charge < -0.3 is 18.8 Å². The predicted octanol–water partition coefficient (Wildman–Crippen LogP) is -5.77. The molecule has 1 unspecified atom stereocenters. The van der Waals surface area contributed by atoms with Crippen LogP contribution >= 0.6 is 7.60 Å². The van der Waals surface area contributed by atoms with Gasteiger partial charge in [-0.3, -0.25) is 9.12 Å². The molecule has 3 N–H and O–H groups in total. The molecular weight excluding hydrogens is 472 g/mol. The fraction of sp³-hybridized carbons (Fsp3) is 0.467. The Kier molecular flexibility index (Phi) is 22.6. The predicted molar refractivity (Wildman–Crippen MR) is 95.0 cm³/mol. The first-order chi connectivity index (χ1) is 11.0. The van der Waals surface area contributed by atoms with Gasteiger partial charge in [-0.05, 0) is 56.4 Å². The van der Waals surface area contributed by atoms with E-state index < -0.39 is 22.7 Å². The number of aryl methyl sites for hydroxylation is 1. The largest absolute Gasteiger partial charge is 1.00 e. The molecule has 7 nitrogen and oxygen atoms in total. The third-order valence-corrected chi connectivity index (χ3v) is 6.88. The Morgan fingerprint density at radius 3 is 2.37 bits per heavy atom. The van der Waals surface area contributed by atoms with Crippen molar-refractivity contribution in [3.63, 3.8) is 0 Å². The van der Waals surface area contributed by atoms with Gasteiger partial charge in [-0.25, -0.2) is 0 Å². The van der Waals surface area contributed by atoms with Gasteiger partial charge >= 0.3 is 162 Å². The smallest absolute Gasteiger partial charge is 1.00 e. The van der Waals surface area contributed by atoms with Gasteiger partial charge in [0.15, 0.2) is 4.99 Å². The van der Waals surface area contributed by atoms with E-state index in [1.165, 1.54) is 0 Å². The average Bonchev–Trinajstić information content (AvgIpc) is 2.42. The van der Waals surface area contributed by atoms with Crippen molar-refractivity contribution in [1.82, 2.24) is 0 Å². The van der Waals surface area contributed by atoms with Crippen LogP contribution in [0.4, 0.5) is 0 Å². The van der Waals surface area contributed by atoms with Crippen molar-refractivity contribution in [2.45, 2.75) is 38.1 Å². The molecule has 0 fully saturated rings. The van der Waals surface area contributed by atoms with Gasteiger partial charge in [0, 0.05) is 0 Å². The summed E-state index contributed by atoms with van der Waals surface area (Å²) >= 11 is 0. The van der Waals surface area contributed by atoms with Crippen LogP contribution in [0.25, 0.3) is 0 Å². The average molecular weight is 499 g/mol. The van der Waals surface area contributed by atoms with Crippen LogP contribution in [0.2, 0.25) is 0 Å². The van der Waals surface area contributed by atoms with Gasteiger partial charge in [-0.1, -0.05) is 18.2 Å². The van der Waals surface area contributed by atoms with Crippen molar-refractivity contribution in [3.8, 4) is 5.75 Å². The number of unbranched alkanes of at least 4 members (excludes halogenated alkanes) is 1. The van der Waals surface area contributed by atoms with Gasteiger partial charge in [0.25, 0.3) is 10.1 Å². The number of ether oxygens (including phenoxy) is 1. The molecule has 0 radical (unpaired) electrons. The summed E-state index contributed by atoms with van der Waals surface area (Å²) in [7, 11) is -9.68. The molecule has 0 saturated heterocycles. The van der Waals surface area contributed by atoms with E-state index >= 15 is 0 Å². The molecular formula is C15H26K3O7PS. The van der Waals surface area contributed by atoms with Crippen LogP contribution in [0.3, 0.4) is 0 Å². The Balaban J connectivity index is -0.000000240. The summed E-state index contributed by atoms with van der Waals surface area (Å²) in [6, 6.07) is 7.60. The van der Waals surface area contributed by atoms with Gasteiger partial charge in [0.05, 0.1) is 0 Å². The van der Waals surface area contributed by atoms with Gasteiger partial charge in [0.2, 0.25) is 0 Å². The Labute approximate surface area is 293 Å². The van der Waals surface area contributed by atoms with Crippen LogP contribution < -0.4 is 159 Å². The zero-order valence-corrected chi connectivity index (χ0v) is 27.7. The van der Waals surface area contributed by atoms with Crippen molar-refractivity contribution in [2.75, 3.05) is 6.61 Å². The minimum atomic E-state index is -4.90. The molecule has 27 heavy (non-hydrogen) atoms. The Morgan fingerprint density at radius 2 is 1.89 bits per heavy atom. The van der Waals surface area contributed by atoms with Crippen molar-refractivity contribution < 1.29 is 190 Å². The third-order valence-electron chi connectivity index (χ3n) is 3.32. The Bertz CT molecular complexity index is 749. The maximum atomic E-state index is 11.1. The van der Waals surface area contributed by atoms with E-state index in [9.17, 15) is 13.0 Å². The number of benzene rings is 1. The molecule has 0 heterocycles. The molecule has 0 aromatic heterocycles. The van der Waals surface area contributed by atoms with Crippen LogP contribution in [-0.2, 0) is 14.7 Å². The molecule has 142 valence electrons. The number of allylic oxidation sites excluding steroid dienone is 1. The standard InChI is InChI=1S/C15H23O7PS.3K.3H/c1-12-7-5-8-14(10-12)22-11-13(2)6-3-4-9-15(23(16,17)18)24(19,20)21;;;;;;/h5-8,10,15H,3-4,9,11H2,1-2H3,(H2,16,17,18)(H,19,20,21);;;;;;/q;3*+1;3*-1/b13-6+;;;;;;. The van der Waals surface area contributed by atoms with Crippen LogP contribution in [0.1, 0.15) is 36.0 Å². The summed E-state index contributed by atoms with van der Waals surface area (Å²) in [6.45, 7) is 4.17. The first-order valence-corrected chi connectivity index (χ1v) is 10.6. The second kappa shape index (κ2) is 17.2. The number of hydrogen-bond donors (Lipinski definition) is 3. The van der Waals surface area contributed by atoms with E-state index in [1.807, 2.05) is 44.2 Å². The number of rotatable bonds is 9. The van der Waals surface area contributed by atoms with Crippen LogP contribution in [-0.4, -0.2) is 34.4 Å². The SMILES string of the molecule is C/C(=C\CCCC(P(=O)(O)O)S(=O)(=O)O)COc1cccc(C)c1.[H-].[H-].[H-].[K+].[K+].[K+]. The Hall–Kier alpha value is 3.73. The van der Waals surface area contributed by atoms with Crippen molar-refractivity contribution >= 4 is 17.7 Å². The summed E-state index contributed by atoms with van der Waals surface area (Å²) in [4.78, 5) is 15.9. The van der Waals surface area contributed by atoms with E-state index in [2.05, 4.69) is 0 Å². The monoisotopic (exact) mass is 498 g/mol. The minimum Gasteiger partial charge on any atom is -1.00 e. The molecule has 0 bridgehead atoms. The van der Waals surface area contributed by atoms with Crippen LogP contribution in [0, 0.1) is 6.92 Å². The fourth-order valence-electron chi connectivity index (χ4n) is 2.09. The summed E-state index contributed by atoms with van der Waals surface area (Å²) in [6.07, 6.45) is 2.15. The molecule has 0 aliphatic carbocycles. The maximum Gasteiger partial charge on any atom is 1.00 e. The van der Waals surface area contributed by atoms with Crippen molar-refractivity contribution in [2.24, 2.45) is 0 Å². The summed E-state index contributed by atoms with van der Waals surface area (Å²) in [5, 5.41) is 0. The topological polar surface area (TPSA) is 121 Å². The summed E-state index contributed by atoms with van der Waals surface area (Å²) < 4.78 is 47.7. The molecule has 0 amide bonds. The molecule has 0 spiro atoms. The molecule has 0 aliphatic rings. The first-order valence-electron chi connectivity index (χ1n) is 7.37. The quantitative estimate of drug-likeness (QED) is 0.102. The van der Waals surface area contributed by atoms with Crippen molar-refractivity contribution in [1.29, 1.82) is 0 Å². The van der Waals surface area contributed by atoms with Crippen LogP contribution in [0.15, 0.2) is 35.9 Å². The first kappa shape index (κ1) is 35.3. The minimum absolute atomic E-state index is 0. The molecule has 1 atom stereocenters. The molecule has 1 rings (SSSR count). The molecule has 0 saturated carbocycles. The fourth-order valence-corrected chi connectivity index (χ4v) is 4.46. The molecule has 12 heteroatoms. The second-order valence-corrected chi connectivity index (χ2v) is 9.40. The summed E-state index contributed by atoms with van der Waals surface area (Å²) in [5.41, 5.74) is 2.00. The molecule has 1 aromatic carbocycles. The zero-order chi connectivity index (χ0) is 18.4. The third kappa shape index (κ3) is 16.1. The second-order valence-electron chi connectivity index (χ2n) is 5.65. The molecule has 0 aliphatic heterocycles. The van der Waals surface area contributed by atoms with E-state index in [0.29, 0.717) is 13.0 Å². The van der Waals surface area contributed by atoms with Gasteiger partial charge in [-0.2, -0.15) is 8.42 Å². The van der Waals surface area contributed by atoms with E-state index in [1.54, 1.807) is 0 Å². The maximum absolute atomic E-state index is 11.1. The van der Waals surface area contributed by atoms with Gasteiger partial charge in [0.1, 0.15) is 12.4 Å². The van der Waals surface area contributed by atoms with E-state index in [4.69, 9.17) is 19.1 Å². The Morgan fingerprint density at radius 1 is 1.30 bits per heavy atom. The van der Waals surface area contributed by atoms with Crippen LogP contribution in [0.5, 0.6) is 5.75 Å². The zero-order valence-electron chi connectivity index (χ0n) is 19.6. The van der Waals surface area contributed by atoms with E-state index in [-0.39, 0.29) is 171 Å². The summed E-state index contributed by atoms with van der Waals surface area (Å²) in [5.74, 6) is 0.746.